The molecule has 7 heteroatoms. The summed E-state index contributed by atoms with van der Waals surface area (Å²) in [6.45, 7) is 2.87. The van der Waals surface area contributed by atoms with Crippen LogP contribution in [-0.4, -0.2) is 21.4 Å². The molecule has 0 amide bonds. The maximum atomic E-state index is 10.3. The Bertz CT molecular complexity index is 420. The Balaban J connectivity index is 2.76. The van der Waals surface area contributed by atoms with Gasteiger partial charge in [-0.1, -0.05) is 29.3 Å². The van der Waals surface area contributed by atoms with Crippen molar-refractivity contribution in [1.29, 1.82) is 0 Å². The first-order valence-electron chi connectivity index (χ1n) is 4.89. The highest BCUT2D eigenvalue weighted by atomic mass is 35.5. The molecule has 0 N–H and O–H groups in total. The summed E-state index contributed by atoms with van der Waals surface area (Å²) in [6.07, 6.45) is 2.38. The SMILES string of the molecule is CCN(Cc1ccc(Cl)nc1)/C(Cl)=C\[N+](=O)[O-]. The molecule has 0 fully saturated rings. The standard InChI is InChI=1S/C10H11Cl2N3O2/c1-2-14(10(12)7-15(16)17)6-8-3-4-9(11)13-5-8/h3-5,7H,2,6H2,1H3/b10-7-. The maximum absolute atomic E-state index is 10.3. The second-order valence-electron chi connectivity index (χ2n) is 3.24. The van der Waals surface area contributed by atoms with Crippen molar-refractivity contribution < 1.29 is 4.92 Å². The molecule has 0 saturated carbocycles. The summed E-state index contributed by atoms with van der Waals surface area (Å²) < 4.78 is 0. The van der Waals surface area contributed by atoms with Crippen LogP contribution in [0, 0.1) is 10.1 Å². The van der Waals surface area contributed by atoms with Crippen LogP contribution in [0.15, 0.2) is 29.7 Å². The summed E-state index contributed by atoms with van der Waals surface area (Å²) in [7, 11) is 0. The van der Waals surface area contributed by atoms with Crippen LogP contribution in [0.2, 0.25) is 5.15 Å². The van der Waals surface area contributed by atoms with E-state index < -0.39 is 4.92 Å². The molecule has 0 radical (unpaired) electrons. The van der Waals surface area contributed by atoms with Crippen molar-refractivity contribution in [3.63, 3.8) is 0 Å². The molecule has 5 nitrogen and oxygen atoms in total. The summed E-state index contributed by atoms with van der Waals surface area (Å²) in [5, 5.41) is 10.8. The second kappa shape index (κ2) is 6.42. The van der Waals surface area contributed by atoms with Gasteiger partial charge in [-0.3, -0.25) is 10.1 Å². The lowest BCUT2D eigenvalue weighted by Crippen LogP contribution is -2.20. The first-order chi connectivity index (χ1) is 8.02. The van der Waals surface area contributed by atoms with Crippen molar-refractivity contribution in [2.75, 3.05) is 6.54 Å². The Kier molecular flexibility index (Phi) is 5.18. The van der Waals surface area contributed by atoms with Crippen LogP contribution >= 0.6 is 23.2 Å². The van der Waals surface area contributed by atoms with E-state index in [4.69, 9.17) is 23.2 Å². The van der Waals surface area contributed by atoms with Gasteiger partial charge in [-0.05, 0) is 18.6 Å². The van der Waals surface area contributed by atoms with Gasteiger partial charge in [0.1, 0.15) is 5.15 Å². The highest BCUT2D eigenvalue weighted by Gasteiger charge is 2.10. The summed E-state index contributed by atoms with van der Waals surface area (Å²) in [6, 6.07) is 3.46. The van der Waals surface area contributed by atoms with Gasteiger partial charge in [0.25, 0.3) is 6.20 Å². The number of hydrogen-bond acceptors (Lipinski definition) is 4. The van der Waals surface area contributed by atoms with E-state index in [0.717, 1.165) is 11.8 Å². The van der Waals surface area contributed by atoms with Crippen LogP contribution in [0.3, 0.4) is 0 Å². The zero-order valence-corrected chi connectivity index (χ0v) is 10.6. The van der Waals surface area contributed by atoms with E-state index >= 15 is 0 Å². The smallest absolute Gasteiger partial charge is 0.269 e. The maximum Gasteiger partial charge on any atom is 0.269 e. The van der Waals surface area contributed by atoms with E-state index in [1.807, 2.05) is 6.92 Å². The number of pyridine rings is 1. The Morgan fingerprint density at radius 2 is 2.35 bits per heavy atom. The molecule has 0 aliphatic heterocycles. The normalized spacial score (nSPS) is 11.4. The molecule has 1 aromatic heterocycles. The largest absolute Gasteiger partial charge is 0.353 e. The number of rotatable bonds is 5. The predicted octanol–water partition coefficient (Wildman–Crippen LogP) is 2.87. The number of aromatic nitrogens is 1. The van der Waals surface area contributed by atoms with E-state index in [9.17, 15) is 10.1 Å². The van der Waals surface area contributed by atoms with Crippen molar-refractivity contribution >= 4 is 23.2 Å². The predicted molar refractivity (Wildman–Crippen MR) is 66.3 cm³/mol. The first-order valence-corrected chi connectivity index (χ1v) is 5.64. The van der Waals surface area contributed by atoms with Gasteiger partial charge in [0.15, 0.2) is 5.16 Å². The van der Waals surface area contributed by atoms with Gasteiger partial charge in [-0.15, -0.1) is 0 Å². The average molecular weight is 276 g/mol. The molecule has 0 aliphatic rings. The van der Waals surface area contributed by atoms with Crippen molar-refractivity contribution in [3.8, 4) is 0 Å². The Labute approximate surface area is 109 Å². The van der Waals surface area contributed by atoms with Crippen molar-refractivity contribution in [1.82, 2.24) is 9.88 Å². The molecule has 1 heterocycles. The van der Waals surface area contributed by atoms with E-state index in [2.05, 4.69) is 4.98 Å². The minimum Gasteiger partial charge on any atom is -0.353 e. The average Bonchev–Trinajstić information content (AvgIpc) is 2.27. The van der Waals surface area contributed by atoms with Crippen molar-refractivity contribution in [3.05, 3.63) is 50.5 Å². The van der Waals surface area contributed by atoms with Gasteiger partial charge >= 0.3 is 0 Å². The molecule has 0 unspecified atom stereocenters. The molecule has 0 bridgehead atoms. The molecule has 17 heavy (non-hydrogen) atoms. The number of nitro groups is 1. The number of halogens is 2. The first kappa shape index (κ1) is 13.7. The molecule has 0 aromatic carbocycles. The van der Waals surface area contributed by atoms with Crippen LogP contribution < -0.4 is 0 Å². The van der Waals surface area contributed by atoms with Gasteiger partial charge < -0.3 is 4.90 Å². The highest BCUT2D eigenvalue weighted by Crippen LogP contribution is 2.14. The Hall–Kier alpha value is -1.33. The highest BCUT2D eigenvalue weighted by molar-refractivity contribution is 6.29. The van der Waals surface area contributed by atoms with Crippen LogP contribution in [0.25, 0.3) is 0 Å². The summed E-state index contributed by atoms with van der Waals surface area (Å²) >= 11 is 11.5. The van der Waals surface area contributed by atoms with E-state index in [-0.39, 0.29) is 5.16 Å². The third kappa shape index (κ3) is 4.58. The van der Waals surface area contributed by atoms with Crippen LogP contribution in [0.1, 0.15) is 12.5 Å². The van der Waals surface area contributed by atoms with E-state index in [0.29, 0.717) is 18.2 Å². The molecular formula is C10H11Cl2N3O2. The second-order valence-corrected chi connectivity index (χ2v) is 4.02. The lowest BCUT2D eigenvalue weighted by Gasteiger charge is -2.20. The van der Waals surface area contributed by atoms with E-state index in [1.165, 1.54) is 0 Å². The van der Waals surface area contributed by atoms with Gasteiger partial charge in [0.05, 0.1) is 4.92 Å². The molecule has 1 aromatic rings. The lowest BCUT2D eigenvalue weighted by molar-refractivity contribution is -0.403. The Morgan fingerprint density at radius 1 is 1.65 bits per heavy atom. The zero-order valence-electron chi connectivity index (χ0n) is 9.14. The molecule has 92 valence electrons. The topological polar surface area (TPSA) is 59.3 Å². The fourth-order valence-electron chi connectivity index (χ4n) is 1.23. The number of hydrogen-bond donors (Lipinski definition) is 0. The zero-order chi connectivity index (χ0) is 12.8. The van der Waals surface area contributed by atoms with Gasteiger partial charge in [-0.2, -0.15) is 0 Å². The van der Waals surface area contributed by atoms with Crippen LogP contribution in [-0.2, 0) is 6.54 Å². The molecule has 0 aliphatic carbocycles. The third-order valence-corrected chi connectivity index (χ3v) is 2.62. The summed E-state index contributed by atoms with van der Waals surface area (Å²) in [5.74, 6) is 0. The summed E-state index contributed by atoms with van der Waals surface area (Å²) in [4.78, 5) is 15.3. The monoisotopic (exact) mass is 275 g/mol. The molecule has 0 saturated heterocycles. The van der Waals surface area contributed by atoms with E-state index in [1.54, 1.807) is 23.2 Å². The molecular weight excluding hydrogens is 265 g/mol. The molecule has 0 atom stereocenters. The van der Waals surface area contributed by atoms with Crippen molar-refractivity contribution in [2.24, 2.45) is 0 Å². The van der Waals surface area contributed by atoms with Crippen LogP contribution in [0.4, 0.5) is 0 Å². The Morgan fingerprint density at radius 3 is 2.82 bits per heavy atom. The summed E-state index contributed by atoms with van der Waals surface area (Å²) in [5.41, 5.74) is 0.881. The van der Waals surface area contributed by atoms with Gasteiger partial charge in [-0.25, -0.2) is 4.98 Å². The molecule has 0 spiro atoms. The van der Waals surface area contributed by atoms with Crippen molar-refractivity contribution in [2.45, 2.75) is 13.5 Å². The van der Waals surface area contributed by atoms with Crippen LogP contribution in [0.5, 0.6) is 0 Å². The minimum atomic E-state index is -0.578. The quantitative estimate of drug-likeness (QED) is 0.359. The van der Waals surface area contributed by atoms with Gasteiger partial charge in [0.2, 0.25) is 0 Å². The third-order valence-electron chi connectivity index (χ3n) is 2.06. The van der Waals surface area contributed by atoms with Gasteiger partial charge in [0, 0.05) is 19.3 Å². The fourth-order valence-corrected chi connectivity index (χ4v) is 1.60. The lowest BCUT2D eigenvalue weighted by atomic mass is 10.3. The fraction of sp³-hybridized carbons (Fsp3) is 0.300. The minimum absolute atomic E-state index is 0.0902. The number of nitrogens with zero attached hydrogens (tertiary/aromatic N) is 3. The molecule has 1 rings (SSSR count).